The van der Waals surface area contributed by atoms with Crippen molar-refractivity contribution >= 4 is 11.5 Å². The highest BCUT2D eigenvalue weighted by Gasteiger charge is 2.29. The van der Waals surface area contributed by atoms with Crippen LogP contribution in [0.25, 0.3) is 5.57 Å². The van der Waals surface area contributed by atoms with E-state index in [2.05, 4.69) is 6.58 Å². The van der Waals surface area contributed by atoms with Gasteiger partial charge in [0.25, 0.3) is 0 Å². The SMILES string of the molecule is C=C(C1=CC(=COc2ccc(CN)c(OC)c2)N(C)C(N)=C1C(=O)OC)c1ccccc1. The van der Waals surface area contributed by atoms with Crippen molar-refractivity contribution < 1.29 is 19.0 Å². The summed E-state index contributed by atoms with van der Waals surface area (Å²) in [5.41, 5.74) is 15.9. The first-order valence-electron chi connectivity index (χ1n) is 9.93. The normalized spacial score (nSPS) is 14.8. The maximum absolute atomic E-state index is 12.5. The Hall–Kier alpha value is -3.97. The fraction of sp³-hybridized carbons (Fsp3) is 0.160. The molecule has 7 heteroatoms. The summed E-state index contributed by atoms with van der Waals surface area (Å²) in [4.78, 5) is 14.2. The lowest BCUT2D eigenvalue weighted by Crippen LogP contribution is -2.31. The predicted octanol–water partition coefficient (Wildman–Crippen LogP) is 3.30. The minimum Gasteiger partial charge on any atom is -0.496 e. The smallest absolute Gasteiger partial charge is 0.342 e. The Bertz CT molecular complexity index is 1120. The number of nitrogens with zero attached hydrogens (tertiary/aromatic N) is 1. The van der Waals surface area contributed by atoms with E-state index in [-0.39, 0.29) is 11.4 Å². The number of rotatable bonds is 7. The van der Waals surface area contributed by atoms with Crippen LogP contribution in [-0.2, 0) is 16.1 Å². The molecule has 0 bridgehead atoms. The van der Waals surface area contributed by atoms with Crippen LogP contribution in [0.15, 0.2) is 90.1 Å². The summed E-state index contributed by atoms with van der Waals surface area (Å²) in [6, 6.07) is 15.0. The quantitative estimate of drug-likeness (QED) is 0.510. The number of benzene rings is 2. The van der Waals surface area contributed by atoms with Gasteiger partial charge in [-0.25, -0.2) is 4.79 Å². The third kappa shape index (κ3) is 4.53. The molecule has 166 valence electrons. The number of methoxy groups -OCH3 is 2. The molecule has 2 aromatic carbocycles. The van der Waals surface area contributed by atoms with E-state index in [1.807, 2.05) is 36.4 Å². The van der Waals surface area contributed by atoms with Gasteiger partial charge >= 0.3 is 5.97 Å². The van der Waals surface area contributed by atoms with Crippen molar-refractivity contribution in [2.75, 3.05) is 21.3 Å². The molecule has 1 aliphatic rings. The van der Waals surface area contributed by atoms with Crippen LogP contribution in [0.5, 0.6) is 11.5 Å². The molecule has 0 saturated carbocycles. The molecule has 4 N–H and O–H groups in total. The monoisotopic (exact) mass is 433 g/mol. The van der Waals surface area contributed by atoms with Gasteiger partial charge in [0.2, 0.25) is 0 Å². The van der Waals surface area contributed by atoms with Crippen molar-refractivity contribution in [2.45, 2.75) is 6.54 Å². The van der Waals surface area contributed by atoms with Crippen LogP contribution in [0.3, 0.4) is 0 Å². The Morgan fingerprint density at radius 1 is 1.16 bits per heavy atom. The van der Waals surface area contributed by atoms with Gasteiger partial charge in [0.05, 0.1) is 19.9 Å². The molecule has 1 heterocycles. The highest BCUT2D eigenvalue weighted by molar-refractivity contribution is 6.02. The van der Waals surface area contributed by atoms with E-state index in [1.54, 1.807) is 43.5 Å². The van der Waals surface area contributed by atoms with E-state index in [0.717, 1.165) is 11.1 Å². The summed E-state index contributed by atoms with van der Waals surface area (Å²) >= 11 is 0. The number of ether oxygens (including phenoxy) is 3. The van der Waals surface area contributed by atoms with Crippen molar-refractivity contribution in [3.05, 3.63) is 101 Å². The van der Waals surface area contributed by atoms with Gasteiger partial charge < -0.3 is 30.6 Å². The summed E-state index contributed by atoms with van der Waals surface area (Å²) in [5, 5.41) is 0. The Balaban J connectivity index is 2.01. The number of hydrogen-bond donors (Lipinski definition) is 2. The predicted molar refractivity (Wildman–Crippen MR) is 124 cm³/mol. The van der Waals surface area contributed by atoms with Gasteiger partial charge in [0.1, 0.15) is 29.2 Å². The number of carbonyl (C=O) groups excluding carboxylic acids is 1. The van der Waals surface area contributed by atoms with Gasteiger partial charge in [-0.05, 0) is 23.3 Å². The van der Waals surface area contributed by atoms with E-state index in [0.29, 0.717) is 34.9 Å². The molecule has 0 spiro atoms. The van der Waals surface area contributed by atoms with Crippen molar-refractivity contribution in [3.63, 3.8) is 0 Å². The van der Waals surface area contributed by atoms with Crippen LogP contribution < -0.4 is 20.9 Å². The molecule has 0 fully saturated rings. The van der Waals surface area contributed by atoms with Gasteiger partial charge in [-0.3, -0.25) is 0 Å². The first-order valence-corrected chi connectivity index (χ1v) is 9.93. The summed E-state index contributed by atoms with van der Waals surface area (Å²) in [7, 11) is 4.64. The van der Waals surface area contributed by atoms with Crippen molar-refractivity contribution in [2.24, 2.45) is 11.5 Å². The molecule has 3 rings (SSSR count). The van der Waals surface area contributed by atoms with Crippen molar-refractivity contribution in [3.8, 4) is 11.5 Å². The van der Waals surface area contributed by atoms with E-state index >= 15 is 0 Å². The number of esters is 1. The molecule has 0 amide bonds. The minimum atomic E-state index is -0.542. The topological polar surface area (TPSA) is 100 Å². The number of likely N-dealkylation sites (N-methyl/N-ethyl adjacent to an activating group) is 1. The lowest BCUT2D eigenvalue weighted by atomic mass is 9.90. The lowest BCUT2D eigenvalue weighted by molar-refractivity contribution is -0.135. The third-order valence-electron chi connectivity index (χ3n) is 5.20. The van der Waals surface area contributed by atoms with E-state index in [9.17, 15) is 4.79 Å². The Morgan fingerprint density at radius 3 is 2.50 bits per heavy atom. The minimum absolute atomic E-state index is 0.234. The van der Waals surface area contributed by atoms with Gasteiger partial charge in [-0.15, -0.1) is 0 Å². The van der Waals surface area contributed by atoms with E-state index in [4.69, 9.17) is 25.7 Å². The second kappa shape index (κ2) is 9.89. The molecular weight excluding hydrogens is 406 g/mol. The van der Waals surface area contributed by atoms with Crippen LogP contribution in [-0.4, -0.2) is 32.1 Å². The summed E-state index contributed by atoms with van der Waals surface area (Å²) in [5.74, 6) is 0.900. The summed E-state index contributed by atoms with van der Waals surface area (Å²) in [6.45, 7) is 4.55. The molecule has 7 nitrogen and oxygen atoms in total. The fourth-order valence-corrected chi connectivity index (χ4v) is 3.32. The van der Waals surface area contributed by atoms with Gasteiger partial charge in [0, 0.05) is 30.8 Å². The Kier molecular flexibility index (Phi) is 7.02. The zero-order valence-corrected chi connectivity index (χ0v) is 18.4. The molecule has 0 aliphatic carbocycles. The summed E-state index contributed by atoms with van der Waals surface area (Å²) < 4.78 is 16.2. The number of nitrogens with two attached hydrogens (primary N) is 2. The maximum atomic E-state index is 12.5. The second-order valence-electron chi connectivity index (χ2n) is 7.05. The highest BCUT2D eigenvalue weighted by atomic mass is 16.5. The standard InChI is InChI=1S/C25H27N3O4/c1-16(17-8-6-5-7-9-17)21-12-19(28(2)24(27)23(21)25(29)31-4)15-32-20-11-10-18(14-26)22(13-20)30-3/h5-13,15H,1,14,26-27H2,2-4H3. The third-order valence-corrected chi connectivity index (χ3v) is 5.20. The molecule has 1 aliphatic heterocycles. The molecule has 0 unspecified atom stereocenters. The molecule has 0 radical (unpaired) electrons. The van der Waals surface area contributed by atoms with Crippen LogP contribution in [0.2, 0.25) is 0 Å². The first-order chi connectivity index (χ1) is 15.4. The number of allylic oxidation sites excluding steroid dienone is 2. The molecule has 0 saturated heterocycles. The largest absolute Gasteiger partial charge is 0.496 e. The average molecular weight is 434 g/mol. The molecule has 2 aromatic rings. The number of hydrogen-bond acceptors (Lipinski definition) is 7. The highest BCUT2D eigenvalue weighted by Crippen LogP contribution is 2.35. The van der Waals surface area contributed by atoms with Gasteiger partial charge in [-0.2, -0.15) is 0 Å². The molecule has 32 heavy (non-hydrogen) atoms. The van der Waals surface area contributed by atoms with Crippen LogP contribution in [0, 0.1) is 0 Å². The molecular formula is C25H27N3O4. The molecule has 0 aromatic heterocycles. The van der Waals surface area contributed by atoms with Gasteiger partial charge in [-0.1, -0.05) is 43.0 Å². The summed E-state index contributed by atoms with van der Waals surface area (Å²) in [6.07, 6.45) is 3.35. The van der Waals surface area contributed by atoms with E-state index < -0.39 is 5.97 Å². The van der Waals surface area contributed by atoms with Crippen LogP contribution in [0.1, 0.15) is 11.1 Å². The zero-order chi connectivity index (χ0) is 23.3. The lowest BCUT2D eigenvalue weighted by Gasteiger charge is -2.29. The first kappa shape index (κ1) is 22.7. The van der Waals surface area contributed by atoms with Crippen molar-refractivity contribution in [1.29, 1.82) is 0 Å². The van der Waals surface area contributed by atoms with Crippen molar-refractivity contribution in [1.82, 2.24) is 4.90 Å². The molecule has 0 atom stereocenters. The van der Waals surface area contributed by atoms with Crippen LogP contribution >= 0.6 is 0 Å². The van der Waals surface area contributed by atoms with Crippen LogP contribution in [0.4, 0.5) is 0 Å². The fourth-order valence-electron chi connectivity index (χ4n) is 3.32. The van der Waals surface area contributed by atoms with Gasteiger partial charge in [0.15, 0.2) is 0 Å². The average Bonchev–Trinajstić information content (AvgIpc) is 2.84. The zero-order valence-electron chi connectivity index (χ0n) is 18.4. The maximum Gasteiger partial charge on any atom is 0.342 e. The van der Waals surface area contributed by atoms with E-state index in [1.165, 1.54) is 7.11 Å². The number of carbonyl (C=O) groups is 1. The second-order valence-corrected chi connectivity index (χ2v) is 7.05. The Morgan fingerprint density at radius 2 is 1.88 bits per heavy atom. The Labute approximate surface area is 187 Å².